The molecule has 0 aliphatic carbocycles. The molecule has 30 heavy (non-hydrogen) atoms. The maximum Gasteiger partial charge on any atom is 0.193 e. The van der Waals surface area contributed by atoms with Gasteiger partial charge in [-0.1, -0.05) is 101 Å². The van der Waals surface area contributed by atoms with E-state index in [9.17, 15) is 4.79 Å². The lowest BCUT2D eigenvalue weighted by molar-refractivity contribution is 0.103. The lowest BCUT2D eigenvalue weighted by atomic mass is 9.89. The number of carbonyl (C=O) groups is 1. The third-order valence-electron chi connectivity index (χ3n) is 5.38. The highest BCUT2D eigenvalue weighted by Gasteiger charge is 2.15. The maximum atomic E-state index is 13.1. The van der Waals surface area contributed by atoms with E-state index >= 15 is 0 Å². The Morgan fingerprint density at radius 1 is 0.500 bits per heavy atom. The zero-order chi connectivity index (χ0) is 21.3. The summed E-state index contributed by atoms with van der Waals surface area (Å²) in [6.45, 7) is 8.48. The van der Waals surface area contributed by atoms with Crippen LogP contribution in [0.5, 0.6) is 0 Å². The fraction of sp³-hybridized carbons (Fsp3) is 0.138. The van der Waals surface area contributed by atoms with Gasteiger partial charge in [0.05, 0.1) is 0 Å². The average molecular weight is 391 g/mol. The molecule has 4 aromatic rings. The minimum Gasteiger partial charge on any atom is -0.289 e. The predicted molar refractivity (Wildman–Crippen MR) is 126 cm³/mol. The molecule has 0 aliphatic rings. The summed E-state index contributed by atoms with van der Waals surface area (Å²) >= 11 is 0. The summed E-state index contributed by atoms with van der Waals surface area (Å²) in [7, 11) is 0. The van der Waals surface area contributed by atoms with Gasteiger partial charge in [-0.2, -0.15) is 0 Å². The Labute approximate surface area is 179 Å². The van der Waals surface area contributed by atoms with Gasteiger partial charge in [0.15, 0.2) is 5.78 Å². The van der Waals surface area contributed by atoms with Crippen LogP contribution in [0.3, 0.4) is 0 Å². The molecule has 4 rings (SSSR count). The van der Waals surface area contributed by atoms with Crippen molar-refractivity contribution in [3.63, 3.8) is 0 Å². The van der Waals surface area contributed by atoms with Gasteiger partial charge in [0.2, 0.25) is 0 Å². The summed E-state index contributed by atoms with van der Waals surface area (Å²) in [4.78, 5) is 13.1. The van der Waals surface area contributed by atoms with Crippen LogP contribution < -0.4 is 0 Å². The smallest absolute Gasteiger partial charge is 0.193 e. The highest BCUT2D eigenvalue weighted by Crippen LogP contribution is 2.35. The first kappa shape index (κ1) is 19.8. The monoisotopic (exact) mass is 390 g/mol. The Balaban J connectivity index is 1.93. The van der Waals surface area contributed by atoms with Crippen molar-refractivity contribution >= 4 is 5.78 Å². The molecule has 0 aromatic heterocycles. The fourth-order valence-electron chi connectivity index (χ4n) is 4.19. The molecule has 0 radical (unpaired) electrons. The Kier molecular flexibility index (Phi) is 5.37. The highest BCUT2D eigenvalue weighted by atomic mass is 16.1. The number of benzene rings is 4. The first-order valence-electron chi connectivity index (χ1n) is 10.3. The van der Waals surface area contributed by atoms with E-state index in [1.807, 2.05) is 36.4 Å². The van der Waals surface area contributed by atoms with E-state index in [4.69, 9.17) is 0 Å². The number of ketones is 1. The second-order valence-corrected chi connectivity index (χ2v) is 8.21. The lowest BCUT2D eigenvalue weighted by Crippen LogP contribution is -2.02. The topological polar surface area (TPSA) is 17.1 Å². The molecule has 0 unspecified atom stereocenters. The quantitative estimate of drug-likeness (QED) is 0.330. The summed E-state index contributed by atoms with van der Waals surface area (Å²) in [5.74, 6) is 0.0493. The average Bonchev–Trinajstić information content (AvgIpc) is 2.72. The van der Waals surface area contributed by atoms with Crippen molar-refractivity contribution in [1.29, 1.82) is 0 Å². The summed E-state index contributed by atoms with van der Waals surface area (Å²) in [6, 6.07) is 28.8. The first-order chi connectivity index (χ1) is 14.4. The number of rotatable bonds is 4. The number of hydrogen-bond donors (Lipinski definition) is 0. The molecule has 0 atom stereocenters. The highest BCUT2D eigenvalue weighted by molar-refractivity contribution is 6.10. The SMILES string of the molecule is Cc1cc(C)cc(-c2ccc(C(=O)c3ccccc3)cc2-c2cc(C)cc(C)c2)c1. The minimum atomic E-state index is 0.0493. The van der Waals surface area contributed by atoms with Crippen molar-refractivity contribution < 1.29 is 4.79 Å². The van der Waals surface area contributed by atoms with Crippen LogP contribution in [0.15, 0.2) is 84.9 Å². The second-order valence-electron chi connectivity index (χ2n) is 8.21. The molecule has 0 fully saturated rings. The third kappa shape index (κ3) is 4.11. The largest absolute Gasteiger partial charge is 0.289 e. The van der Waals surface area contributed by atoms with Crippen molar-refractivity contribution in [3.05, 3.63) is 118 Å². The molecule has 1 heteroatoms. The van der Waals surface area contributed by atoms with E-state index in [0.717, 1.165) is 16.7 Å². The van der Waals surface area contributed by atoms with Gasteiger partial charge >= 0.3 is 0 Å². The molecule has 0 saturated heterocycles. The van der Waals surface area contributed by atoms with Crippen LogP contribution in [0.1, 0.15) is 38.2 Å². The van der Waals surface area contributed by atoms with Crippen LogP contribution in [-0.4, -0.2) is 5.78 Å². The van der Waals surface area contributed by atoms with Gasteiger partial charge in [0.25, 0.3) is 0 Å². The Morgan fingerprint density at radius 2 is 1.00 bits per heavy atom. The first-order valence-corrected chi connectivity index (χ1v) is 10.3. The molecule has 0 bridgehead atoms. The van der Waals surface area contributed by atoms with E-state index in [2.05, 4.69) is 76.2 Å². The lowest BCUT2D eigenvalue weighted by Gasteiger charge is -2.15. The molecule has 0 amide bonds. The van der Waals surface area contributed by atoms with E-state index in [-0.39, 0.29) is 5.78 Å². The molecular weight excluding hydrogens is 364 g/mol. The van der Waals surface area contributed by atoms with Gasteiger partial charge in [-0.3, -0.25) is 4.79 Å². The molecule has 148 valence electrons. The summed E-state index contributed by atoms with van der Waals surface area (Å²) in [6.07, 6.45) is 0. The van der Waals surface area contributed by atoms with Crippen LogP contribution in [0.2, 0.25) is 0 Å². The van der Waals surface area contributed by atoms with Crippen molar-refractivity contribution in [2.75, 3.05) is 0 Å². The van der Waals surface area contributed by atoms with Gasteiger partial charge in [-0.15, -0.1) is 0 Å². The normalized spacial score (nSPS) is 10.8. The molecule has 0 aliphatic heterocycles. The van der Waals surface area contributed by atoms with Gasteiger partial charge < -0.3 is 0 Å². The van der Waals surface area contributed by atoms with E-state index in [1.165, 1.54) is 27.8 Å². The molecule has 0 N–H and O–H groups in total. The van der Waals surface area contributed by atoms with E-state index < -0.39 is 0 Å². The van der Waals surface area contributed by atoms with Gasteiger partial charge in [-0.25, -0.2) is 0 Å². The number of aryl methyl sites for hydroxylation is 4. The minimum absolute atomic E-state index is 0.0493. The number of hydrogen-bond acceptors (Lipinski definition) is 1. The van der Waals surface area contributed by atoms with Crippen LogP contribution in [0.4, 0.5) is 0 Å². The molecule has 1 nitrogen and oxygen atoms in total. The summed E-state index contributed by atoms with van der Waals surface area (Å²) < 4.78 is 0. The van der Waals surface area contributed by atoms with Crippen LogP contribution >= 0.6 is 0 Å². The van der Waals surface area contributed by atoms with Gasteiger partial charge in [0, 0.05) is 11.1 Å². The predicted octanol–water partition coefficient (Wildman–Crippen LogP) is 7.49. The summed E-state index contributed by atoms with van der Waals surface area (Å²) in [5, 5.41) is 0. The van der Waals surface area contributed by atoms with E-state index in [1.54, 1.807) is 0 Å². The van der Waals surface area contributed by atoms with Crippen molar-refractivity contribution in [2.24, 2.45) is 0 Å². The summed E-state index contributed by atoms with van der Waals surface area (Å²) in [5.41, 5.74) is 10.9. The molecule has 0 spiro atoms. The molecule has 0 saturated carbocycles. The Morgan fingerprint density at radius 3 is 1.53 bits per heavy atom. The Hall–Kier alpha value is -3.45. The molecule has 0 heterocycles. The second kappa shape index (κ2) is 8.12. The van der Waals surface area contributed by atoms with Gasteiger partial charge in [-0.05, 0) is 56.0 Å². The third-order valence-corrected chi connectivity index (χ3v) is 5.38. The maximum absolute atomic E-state index is 13.1. The zero-order valence-electron chi connectivity index (χ0n) is 18.0. The molecule has 4 aromatic carbocycles. The fourth-order valence-corrected chi connectivity index (χ4v) is 4.19. The number of carbonyl (C=O) groups excluding carboxylic acids is 1. The van der Waals surface area contributed by atoms with Crippen molar-refractivity contribution in [3.8, 4) is 22.3 Å². The van der Waals surface area contributed by atoms with Crippen LogP contribution in [0, 0.1) is 27.7 Å². The molecular formula is C29H26O. The van der Waals surface area contributed by atoms with Crippen LogP contribution in [0.25, 0.3) is 22.3 Å². The Bertz CT molecular complexity index is 1190. The van der Waals surface area contributed by atoms with Crippen molar-refractivity contribution in [1.82, 2.24) is 0 Å². The van der Waals surface area contributed by atoms with Gasteiger partial charge in [0.1, 0.15) is 0 Å². The van der Waals surface area contributed by atoms with Crippen molar-refractivity contribution in [2.45, 2.75) is 27.7 Å². The zero-order valence-corrected chi connectivity index (χ0v) is 18.0. The van der Waals surface area contributed by atoms with E-state index in [0.29, 0.717) is 11.1 Å². The van der Waals surface area contributed by atoms with Crippen LogP contribution in [-0.2, 0) is 0 Å². The standard InChI is InChI=1S/C29H26O/c1-19-12-20(2)15-25(14-19)27-11-10-24(29(30)23-8-6-5-7-9-23)18-28(27)26-16-21(3)13-22(4)17-26/h5-18H,1-4H3.